The summed E-state index contributed by atoms with van der Waals surface area (Å²) in [5.74, 6) is 0.486. The summed E-state index contributed by atoms with van der Waals surface area (Å²) in [6, 6.07) is 6.21. The van der Waals surface area contributed by atoms with Crippen molar-refractivity contribution >= 4 is 5.78 Å². The number of nitrogens with zero attached hydrogens (tertiary/aromatic N) is 1. The molecule has 0 spiro atoms. The van der Waals surface area contributed by atoms with E-state index in [0.717, 1.165) is 32.2 Å². The van der Waals surface area contributed by atoms with Crippen LogP contribution < -0.4 is 17.0 Å². The lowest BCUT2D eigenvalue weighted by atomic mass is 10.0. The molecule has 0 aliphatic rings. The van der Waals surface area contributed by atoms with Gasteiger partial charge in [0, 0.05) is 31.4 Å². The third-order valence-corrected chi connectivity index (χ3v) is 4.46. The van der Waals surface area contributed by atoms with Crippen molar-refractivity contribution in [3.05, 3.63) is 30.6 Å². The molecular weight excluding hydrogens is 318 g/mol. The Bertz CT molecular complexity index is 394. The van der Waals surface area contributed by atoms with E-state index in [1.165, 1.54) is 57.8 Å². The summed E-state index contributed by atoms with van der Waals surface area (Å²) in [5, 5.41) is 0. The molecule has 0 bridgehead atoms. The molecule has 0 atom stereocenters. The van der Waals surface area contributed by atoms with E-state index in [9.17, 15) is 4.79 Å². The first-order chi connectivity index (χ1) is 11.3. The molecule has 1 aromatic rings. The van der Waals surface area contributed by atoms with Crippen molar-refractivity contribution in [3.8, 4) is 0 Å². The van der Waals surface area contributed by atoms with Crippen molar-refractivity contribution in [2.45, 2.75) is 96.9 Å². The third kappa shape index (κ3) is 13.5. The quantitative estimate of drug-likeness (QED) is 0.351. The molecule has 1 aromatic heterocycles. The summed E-state index contributed by atoms with van der Waals surface area (Å²) in [5.41, 5.74) is 0. The van der Waals surface area contributed by atoms with Crippen molar-refractivity contribution in [1.29, 1.82) is 0 Å². The molecule has 0 amide bonds. The Kier molecular flexibility index (Phi) is 16.3. The molecule has 1 rings (SSSR count). The maximum atomic E-state index is 11.8. The molecule has 0 unspecified atom stereocenters. The maximum absolute atomic E-state index is 11.8. The molecule has 0 aliphatic heterocycles. The molecule has 1 heterocycles. The van der Waals surface area contributed by atoms with Crippen LogP contribution in [-0.2, 0) is 11.3 Å². The fraction of sp³-hybridized carbons (Fsp3) is 0.714. The van der Waals surface area contributed by atoms with Crippen LogP contribution >= 0.6 is 0 Å². The molecule has 24 heavy (non-hydrogen) atoms. The van der Waals surface area contributed by atoms with Crippen LogP contribution in [0.1, 0.15) is 90.4 Å². The second kappa shape index (κ2) is 17.0. The van der Waals surface area contributed by atoms with Gasteiger partial charge in [0.15, 0.2) is 12.4 Å². The van der Waals surface area contributed by atoms with Crippen LogP contribution in [0, 0.1) is 0 Å². The van der Waals surface area contributed by atoms with E-state index in [2.05, 4.69) is 42.1 Å². The number of rotatable bonds is 15. The standard InChI is InChI=1S/C21H36NO.ClH/c1-2-3-4-5-7-11-16-21(23)17-12-8-6-9-13-18-22-19-14-10-15-20-22;/h10,14-15,19-20H,2-9,11-13,16-18H2,1H3;1H/q+1;/p-1. The van der Waals surface area contributed by atoms with E-state index >= 15 is 0 Å². The van der Waals surface area contributed by atoms with Crippen LogP contribution in [0.2, 0.25) is 0 Å². The highest BCUT2D eigenvalue weighted by Gasteiger charge is 2.02. The fourth-order valence-corrected chi connectivity index (χ4v) is 2.96. The molecule has 138 valence electrons. The molecule has 0 radical (unpaired) electrons. The van der Waals surface area contributed by atoms with Gasteiger partial charge in [-0.15, -0.1) is 0 Å². The number of aromatic nitrogens is 1. The van der Waals surface area contributed by atoms with Gasteiger partial charge in [-0.25, -0.2) is 4.57 Å². The van der Waals surface area contributed by atoms with Crippen LogP contribution in [0.4, 0.5) is 0 Å². The van der Waals surface area contributed by atoms with E-state index in [0.29, 0.717) is 5.78 Å². The summed E-state index contributed by atoms with van der Waals surface area (Å²) < 4.78 is 2.24. The lowest BCUT2D eigenvalue weighted by molar-refractivity contribution is -0.697. The van der Waals surface area contributed by atoms with Gasteiger partial charge in [-0.05, 0) is 19.3 Å². The first-order valence-electron chi connectivity index (χ1n) is 9.78. The number of hydrogen-bond donors (Lipinski definition) is 0. The van der Waals surface area contributed by atoms with E-state index < -0.39 is 0 Å². The number of carbonyl (C=O) groups excluding carboxylic acids is 1. The number of unbranched alkanes of at least 4 members (excludes halogenated alkanes) is 9. The number of aryl methyl sites for hydroxylation is 1. The second-order valence-corrected chi connectivity index (χ2v) is 6.69. The number of carbonyl (C=O) groups is 1. The van der Waals surface area contributed by atoms with Crippen LogP contribution in [0.15, 0.2) is 30.6 Å². The minimum absolute atomic E-state index is 0. The Morgan fingerprint density at radius 1 is 0.708 bits per heavy atom. The minimum Gasteiger partial charge on any atom is -1.00 e. The van der Waals surface area contributed by atoms with Gasteiger partial charge >= 0.3 is 0 Å². The molecule has 0 aromatic carbocycles. The molecule has 2 nitrogen and oxygen atoms in total. The van der Waals surface area contributed by atoms with Gasteiger partial charge in [0.1, 0.15) is 12.3 Å². The van der Waals surface area contributed by atoms with Gasteiger partial charge in [-0.2, -0.15) is 0 Å². The summed E-state index contributed by atoms with van der Waals surface area (Å²) in [4.78, 5) is 11.8. The Morgan fingerprint density at radius 2 is 1.21 bits per heavy atom. The lowest BCUT2D eigenvalue weighted by Gasteiger charge is -2.02. The van der Waals surface area contributed by atoms with E-state index in [4.69, 9.17) is 0 Å². The average molecular weight is 354 g/mol. The SMILES string of the molecule is CCCCCCCCC(=O)CCCCCCC[n+]1ccccc1.[Cl-]. The van der Waals surface area contributed by atoms with Gasteiger partial charge in [0.25, 0.3) is 0 Å². The summed E-state index contributed by atoms with van der Waals surface area (Å²) >= 11 is 0. The van der Waals surface area contributed by atoms with E-state index in [1.54, 1.807) is 0 Å². The van der Waals surface area contributed by atoms with Crippen molar-refractivity contribution in [2.24, 2.45) is 0 Å². The summed E-state index contributed by atoms with van der Waals surface area (Å²) in [6.45, 7) is 3.35. The van der Waals surface area contributed by atoms with E-state index in [1.807, 2.05) is 0 Å². The monoisotopic (exact) mass is 353 g/mol. The highest BCUT2D eigenvalue weighted by molar-refractivity contribution is 5.78. The predicted molar refractivity (Wildman–Crippen MR) is 97.3 cm³/mol. The molecule has 0 aliphatic carbocycles. The minimum atomic E-state index is 0. The second-order valence-electron chi connectivity index (χ2n) is 6.69. The number of pyridine rings is 1. The highest BCUT2D eigenvalue weighted by Crippen LogP contribution is 2.11. The average Bonchev–Trinajstić information content (AvgIpc) is 2.58. The predicted octanol–water partition coefficient (Wildman–Crippen LogP) is 2.64. The van der Waals surface area contributed by atoms with Gasteiger partial charge in [-0.3, -0.25) is 4.79 Å². The largest absolute Gasteiger partial charge is 1.00 e. The normalized spacial score (nSPS) is 10.4. The Morgan fingerprint density at radius 3 is 1.79 bits per heavy atom. The Labute approximate surface area is 155 Å². The van der Waals surface area contributed by atoms with Gasteiger partial charge in [0.05, 0.1) is 0 Å². The number of hydrogen-bond acceptors (Lipinski definition) is 1. The molecule has 0 fully saturated rings. The van der Waals surface area contributed by atoms with Gasteiger partial charge < -0.3 is 12.4 Å². The number of Topliss-reactive ketones (excluding diaryl/α,β-unsaturated/α-hetero) is 1. The van der Waals surface area contributed by atoms with E-state index in [-0.39, 0.29) is 12.4 Å². The van der Waals surface area contributed by atoms with Crippen molar-refractivity contribution in [1.82, 2.24) is 0 Å². The lowest BCUT2D eigenvalue weighted by Crippen LogP contribution is -3.00. The topological polar surface area (TPSA) is 20.9 Å². The van der Waals surface area contributed by atoms with Crippen LogP contribution in [0.5, 0.6) is 0 Å². The highest BCUT2D eigenvalue weighted by atomic mass is 35.5. The number of ketones is 1. The molecule has 0 N–H and O–H groups in total. The van der Waals surface area contributed by atoms with Crippen LogP contribution in [0.25, 0.3) is 0 Å². The zero-order chi connectivity index (χ0) is 16.6. The first kappa shape index (κ1) is 23.1. The Hall–Kier alpha value is -0.890. The van der Waals surface area contributed by atoms with Crippen LogP contribution in [-0.4, -0.2) is 5.78 Å². The van der Waals surface area contributed by atoms with Crippen LogP contribution in [0.3, 0.4) is 0 Å². The molecule has 0 saturated heterocycles. The maximum Gasteiger partial charge on any atom is 0.168 e. The molecule has 3 heteroatoms. The zero-order valence-corrected chi connectivity index (χ0v) is 16.3. The van der Waals surface area contributed by atoms with Gasteiger partial charge in [-0.1, -0.05) is 57.9 Å². The Balaban J connectivity index is 0.00000529. The first-order valence-corrected chi connectivity index (χ1v) is 9.78. The summed E-state index contributed by atoms with van der Waals surface area (Å²) in [6.07, 6.45) is 19.6. The third-order valence-electron chi connectivity index (χ3n) is 4.46. The fourth-order valence-electron chi connectivity index (χ4n) is 2.96. The van der Waals surface area contributed by atoms with Crippen molar-refractivity contribution in [2.75, 3.05) is 0 Å². The zero-order valence-electron chi connectivity index (χ0n) is 15.5. The smallest absolute Gasteiger partial charge is 0.168 e. The van der Waals surface area contributed by atoms with Gasteiger partial charge in [0.2, 0.25) is 0 Å². The summed E-state index contributed by atoms with van der Waals surface area (Å²) in [7, 11) is 0. The molecule has 0 saturated carbocycles. The van der Waals surface area contributed by atoms with Crippen molar-refractivity contribution in [3.63, 3.8) is 0 Å². The molecular formula is C21H36ClNO. The number of halogens is 1. The van der Waals surface area contributed by atoms with Crippen molar-refractivity contribution < 1.29 is 21.8 Å².